The van der Waals surface area contributed by atoms with E-state index < -0.39 is 10.0 Å². The van der Waals surface area contributed by atoms with Gasteiger partial charge in [0.2, 0.25) is 10.0 Å². The van der Waals surface area contributed by atoms with Crippen LogP contribution in [0.2, 0.25) is 0 Å². The molecule has 0 spiro atoms. The molecule has 21 heavy (non-hydrogen) atoms. The first kappa shape index (κ1) is 15.8. The van der Waals surface area contributed by atoms with Gasteiger partial charge in [0.05, 0.1) is 17.3 Å². The van der Waals surface area contributed by atoms with Crippen LogP contribution >= 0.6 is 0 Å². The number of rotatable bonds is 4. The molecule has 1 fully saturated rings. The zero-order chi connectivity index (χ0) is 15.5. The lowest BCUT2D eigenvalue weighted by Gasteiger charge is -2.26. The third kappa shape index (κ3) is 3.96. The van der Waals surface area contributed by atoms with Crippen molar-refractivity contribution in [3.63, 3.8) is 0 Å². The summed E-state index contributed by atoms with van der Waals surface area (Å²) in [5.41, 5.74) is 6.21. The second-order valence-electron chi connectivity index (χ2n) is 5.85. The highest BCUT2D eigenvalue weighted by Gasteiger charge is 2.23. The Morgan fingerprint density at radius 3 is 2.81 bits per heavy atom. The molecule has 0 bridgehead atoms. The normalized spacial score (nSPS) is 22.7. The summed E-state index contributed by atoms with van der Waals surface area (Å²) in [6.07, 6.45) is 4.51. The first-order valence-corrected chi connectivity index (χ1v) is 8.70. The van der Waals surface area contributed by atoms with Gasteiger partial charge in [-0.25, -0.2) is 13.1 Å². The molecule has 2 rings (SSSR count). The maximum atomic E-state index is 12.3. The molecule has 0 saturated heterocycles. The molecule has 1 aliphatic rings. The monoisotopic (exact) mass is 307 g/mol. The van der Waals surface area contributed by atoms with E-state index in [2.05, 4.69) is 11.6 Å². The Labute approximate surface area is 126 Å². The fraction of sp³-hybridized carbons (Fsp3) is 0.533. The molecule has 0 aromatic heterocycles. The Morgan fingerprint density at radius 1 is 1.43 bits per heavy atom. The summed E-state index contributed by atoms with van der Waals surface area (Å²) in [5, 5.41) is 8.78. The molecule has 0 radical (unpaired) electrons. The fourth-order valence-electron chi connectivity index (χ4n) is 2.91. The van der Waals surface area contributed by atoms with Crippen LogP contribution in [0, 0.1) is 23.2 Å². The first-order chi connectivity index (χ1) is 9.92. The van der Waals surface area contributed by atoms with Crippen molar-refractivity contribution >= 4 is 15.7 Å². The van der Waals surface area contributed by atoms with Gasteiger partial charge in [0.1, 0.15) is 4.90 Å². The summed E-state index contributed by atoms with van der Waals surface area (Å²) in [7, 11) is -3.62. The van der Waals surface area contributed by atoms with Crippen molar-refractivity contribution in [2.24, 2.45) is 11.8 Å². The Hall–Kier alpha value is -1.58. The van der Waals surface area contributed by atoms with Crippen LogP contribution in [0.3, 0.4) is 0 Å². The number of hydrogen-bond acceptors (Lipinski definition) is 4. The molecule has 114 valence electrons. The van der Waals surface area contributed by atoms with Crippen molar-refractivity contribution in [2.45, 2.75) is 37.5 Å². The van der Waals surface area contributed by atoms with E-state index in [0.717, 1.165) is 19.3 Å². The smallest absolute Gasteiger partial charge is 0.242 e. The number of benzene rings is 1. The molecule has 0 heterocycles. The molecule has 2 atom stereocenters. The topological polar surface area (TPSA) is 96.0 Å². The predicted molar refractivity (Wildman–Crippen MR) is 81.9 cm³/mol. The lowest BCUT2D eigenvalue weighted by atomic mass is 9.83. The number of anilines is 1. The molecule has 1 aliphatic carbocycles. The van der Waals surface area contributed by atoms with Crippen LogP contribution in [-0.4, -0.2) is 15.0 Å². The van der Waals surface area contributed by atoms with E-state index in [1.807, 2.05) is 6.07 Å². The summed E-state index contributed by atoms with van der Waals surface area (Å²) >= 11 is 0. The highest BCUT2D eigenvalue weighted by atomic mass is 32.2. The first-order valence-electron chi connectivity index (χ1n) is 7.21. The van der Waals surface area contributed by atoms with E-state index in [0.29, 0.717) is 23.9 Å². The number of nitrogen functional groups attached to an aromatic ring is 1. The molecule has 0 amide bonds. The number of sulfonamides is 1. The Balaban J connectivity index is 2.06. The van der Waals surface area contributed by atoms with Crippen molar-refractivity contribution < 1.29 is 8.42 Å². The van der Waals surface area contributed by atoms with Crippen LogP contribution < -0.4 is 10.5 Å². The van der Waals surface area contributed by atoms with Gasteiger partial charge in [-0.2, -0.15) is 5.26 Å². The SMILES string of the molecule is CC1CCCC(CNS(=O)(=O)c2ccc(C#N)cc2N)C1. The average molecular weight is 307 g/mol. The molecule has 5 nitrogen and oxygen atoms in total. The van der Waals surface area contributed by atoms with E-state index in [9.17, 15) is 8.42 Å². The van der Waals surface area contributed by atoms with E-state index in [1.165, 1.54) is 24.6 Å². The van der Waals surface area contributed by atoms with Crippen LogP contribution in [0.5, 0.6) is 0 Å². The maximum Gasteiger partial charge on any atom is 0.242 e. The molecule has 2 unspecified atom stereocenters. The van der Waals surface area contributed by atoms with Gasteiger partial charge in [-0.05, 0) is 42.9 Å². The van der Waals surface area contributed by atoms with E-state index in [-0.39, 0.29) is 10.6 Å². The van der Waals surface area contributed by atoms with Gasteiger partial charge in [-0.1, -0.05) is 19.8 Å². The van der Waals surface area contributed by atoms with Crippen LogP contribution in [0.15, 0.2) is 23.1 Å². The summed E-state index contributed by atoms with van der Waals surface area (Å²) in [6.45, 7) is 2.66. The van der Waals surface area contributed by atoms with Gasteiger partial charge in [0.25, 0.3) is 0 Å². The van der Waals surface area contributed by atoms with Crippen LogP contribution in [0.4, 0.5) is 5.69 Å². The second kappa shape index (κ2) is 6.46. The van der Waals surface area contributed by atoms with Gasteiger partial charge < -0.3 is 5.73 Å². The zero-order valence-electron chi connectivity index (χ0n) is 12.2. The molecule has 1 aromatic carbocycles. The van der Waals surface area contributed by atoms with Crippen molar-refractivity contribution in [3.05, 3.63) is 23.8 Å². The highest BCUT2D eigenvalue weighted by molar-refractivity contribution is 7.89. The largest absolute Gasteiger partial charge is 0.398 e. The molecular weight excluding hydrogens is 286 g/mol. The third-order valence-electron chi connectivity index (χ3n) is 4.04. The second-order valence-corrected chi connectivity index (χ2v) is 7.59. The Morgan fingerprint density at radius 2 is 2.19 bits per heavy atom. The highest BCUT2D eigenvalue weighted by Crippen LogP contribution is 2.28. The summed E-state index contributed by atoms with van der Waals surface area (Å²) in [4.78, 5) is 0.0466. The molecular formula is C15H21N3O2S. The number of nitriles is 1. The van der Waals surface area contributed by atoms with Crippen molar-refractivity contribution in [1.29, 1.82) is 5.26 Å². The molecule has 6 heteroatoms. The molecule has 0 aliphatic heterocycles. The molecule has 1 saturated carbocycles. The van der Waals surface area contributed by atoms with E-state index in [4.69, 9.17) is 11.0 Å². The zero-order valence-corrected chi connectivity index (χ0v) is 13.0. The van der Waals surface area contributed by atoms with Crippen molar-refractivity contribution in [2.75, 3.05) is 12.3 Å². The Bertz CT molecular complexity index is 649. The van der Waals surface area contributed by atoms with Gasteiger partial charge >= 0.3 is 0 Å². The lowest BCUT2D eigenvalue weighted by Crippen LogP contribution is -2.32. The van der Waals surface area contributed by atoms with Crippen LogP contribution in [0.1, 0.15) is 38.2 Å². The third-order valence-corrected chi connectivity index (χ3v) is 5.53. The number of nitrogens with zero attached hydrogens (tertiary/aromatic N) is 1. The minimum atomic E-state index is -3.62. The summed E-state index contributed by atoms with van der Waals surface area (Å²) in [6, 6.07) is 6.18. The molecule has 3 N–H and O–H groups in total. The lowest BCUT2D eigenvalue weighted by molar-refractivity contribution is 0.283. The van der Waals surface area contributed by atoms with Gasteiger partial charge in [-0.15, -0.1) is 0 Å². The number of hydrogen-bond donors (Lipinski definition) is 2. The van der Waals surface area contributed by atoms with Crippen LogP contribution in [0.25, 0.3) is 0 Å². The van der Waals surface area contributed by atoms with Gasteiger partial charge in [0, 0.05) is 6.54 Å². The van der Waals surface area contributed by atoms with E-state index >= 15 is 0 Å². The fourth-order valence-corrected chi connectivity index (χ4v) is 4.14. The minimum absolute atomic E-state index is 0.0466. The van der Waals surface area contributed by atoms with Gasteiger partial charge in [-0.3, -0.25) is 0 Å². The summed E-state index contributed by atoms with van der Waals surface area (Å²) in [5.74, 6) is 1.05. The Kier molecular flexibility index (Phi) is 4.86. The quantitative estimate of drug-likeness (QED) is 0.834. The standard InChI is InChI=1S/C15H21N3O2S/c1-11-3-2-4-13(7-11)10-18-21(19,20)15-6-5-12(9-16)8-14(15)17/h5-6,8,11,13,18H,2-4,7,10,17H2,1H3. The van der Waals surface area contributed by atoms with Gasteiger partial charge in [0.15, 0.2) is 0 Å². The van der Waals surface area contributed by atoms with E-state index in [1.54, 1.807) is 0 Å². The number of nitrogens with one attached hydrogen (secondary N) is 1. The number of nitrogens with two attached hydrogens (primary N) is 1. The molecule has 1 aromatic rings. The van der Waals surface area contributed by atoms with Crippen molar-refractivity contribution in [1.82, 2.24) is 4.72 Å². The minimum Gasteiger partial charge on any atom is -0.398 e. The predicted octanol–water partition coefficient (Wildman–Crippen LogP) is 2.25. The summed E-state index contributed by atoms with van der Waals surface area (Å²) < 4.78 is 27.3. The van der Waals surface area contributed by atoms with Crippen LogP contribution in [-0.2, 0) is 10.0 Å². The maximum absolute atomic E-state index is 12.3. The average Bonchev–Trinajstić information content (AvgIpc) is 2.45. The van der Waals surface area contributed by atoms with Crippen molar-refractivity contribution in [3.8, 4) is 6.07 Å².